The Hall–Kier alpha value is -2.12. The van der Waals surface area contributed by atoms with Gasteiger partial charge in [0.1, 0.15) is 12.1 Å². The molecule has 31 heavy (non-hydrogen) atoms. The van der Waals surface area contributed by atoms with E-state index in [2.05, 4.69) is 10.3 Å². The fourth-order valence-electron chi connectivity index (χ4n) is 3.25. The van der Waals surface area contributed by atoms with E-state index in [1.54, 1.807) is 27.8 Å². The second-order valence-electron chi connectivity index (χ2n) is 9.18. The van der Waals surface area contributed by atoms with Gasteiger partial charge in [-0.25, -0.2) is 4.79 Å². The van der Waals surface area contributed by atoms with Crippen LogP contribution >= 0.6 is 0 Å². The summed E-state index contributed by atoms with van der Waals surface area (Å²) < 4.78 is 10.5. The van der Waals surface area contributed by atoms with Crippen molar-refractivity contribution < 1.29 is 23.9 Å². The molecule has 0 aromatic heterocycles. The summed E-state index contributed by atoms with van der Waals surface area (Å²) in [4.78, 5) is 42.0. The second-order valence-corrected chi connectivity index (χ2v) is 9.18. The van der Waals surface area contributed by atoms with Gasteiger partial charge in [0.2, 0.25) is 11.9 Å². The molecular formula is C23H41N3O5. The Morgan fingerprint density at radius 2 is 1.45 bits per heavy atom. The molecular weight excluding hydrogens is 398 g/mol. The monoisotopic (exact) mass is 439 g/mol. The van der Waals surface area contributed by atoms with Crippen molar-refractivity contribution in [1.82, 2.24) is 10.2 Å². The first kappa shape index (κ1) is 26.9. The van der Waals surface area contributed by atoms with Crippen LogP contribution in [-0.4, -0.2) is 54.6 Å². The van der Waals surface area contributed by atoms with E-state index >= 15 is 0 Å². The molecule has 1 N–H and O–H groups in total. The predicted molar refractivity (Wildman–Crippen MR) is 121 cm³/mol. The zero-order chi connectivity index (χ0) is 23.1. The van der Waals surface area contributed by atoms with Crippen molar-refractivity contribution in [1.29, 1.82) is 0 Å². The lowest BCUT2D eigenvalue weighted by Gasteiger charge is -2.22. The molecule has 0 saturated carbocycles. The van der Waals surface area contributed by atoms with Gasteiger partial charge in [0.25, 0.3) is 0 Å². The summed E-state index contributed by atoms with van der Waals surface area (Å²) >= 11 is 0. The minimum Gasteiger partial charge on any atom is -0.464 e. The van der Waals surface area contributed by atoms with Crippen molar-refractivity contribution in [2.45, 2.75) is 103 Å². The summed E-state index contributed by atoms with van der Waals surface area (Å²) in [6.07, 6.45) is 11.6. The Labute approximate surface area is 187 Å². The van der Waals surface area contributed by atoms with E-state index in [9.17, 15) is 14.4 Å². The Bertz CT molecular complexity index is 599. The van der Waals surface area contributed by atoms with Gasteiger partial charge in [0.05, 0.1) is 6.61 Å². The van der Waals surface area contributed by atoms with Crippen LogP contribution in [0.3, 0.4) is 0 Å². The van der Waals surface area contributed by atoms with Crippen LogP contribution in [0.2, 0.25) is 0 Å². The number of hydrogen-bond acceptors (Lipinski definition) is 5. The van der Waals surface area contributed by atoms with Crippen LogP contribution < -0.4 is 5.32 Å². The van der Waals surface area contributed by atoms with Gasteiger partial charge in [0, 0.05) is 13.5 Å². The van der Waals surface area contributed by atoms with Gasteiger partial charge in [-0.05, 0) is 33.6 Å². The molecule has 0 radical (unpaired) electrons. The molecule has 0 bridgehead atoms. The number of nitrogens with zero attached hydrogens (tertiary/aromatic N) is 2. The lowest BCUT2D eigenvalue weighted by Crippen LogP contribution is -2.45. The van der Waals surface area contributed by atoms with E-state index in [0.717, 1.165) is 38.5 Å². The fourth-order valence-corrected chi connectivity index (χ4v) is 3.25. The molecule has 1 heterocycles. The molecule has 1 aliphatic heterocycles. The van der Waals surface area contributed by atoms with Crippen molar-refractivity contribution in [2.24, 2.45) is 4.99 Å². The quantitative estimate of drug-likeness (QED) is 0.556. The van der Waals surface area contributed by atoms with Crippen molar-refractivity contribution in [2.75, 3.05) is 20.2 Å². The molecule has 8 nitrogen and oxygen atoms in total. The van der Waals surface area contributed by atoms with Crippen LogP contribution in [0.25, 0.3) is 0 Å². The Morgan fingerprint density at radius 3 is 2.00 bits per heavy atom. The summed E-state index contributed by atoms with van der Waals surface area (Å²) in [5, 5.41) is 2.65. The first-order valence-electron chi connectivity index (χ1n) is 11.7. The Balaban J connectivity index is 2.77. The van der Waals surface area contributed by atoms with Crippen LogP contribution in [0.15, 0.2) is 4.99 Å². The van der Waals surface area contributed by atoms with E-state index in [0.29, 0.717) is 13.0 Å². The maximum absolute atomic E-state index is 12.4. The first-order chi connectivity index (χ1) is 14.7. The lowest BCUT2D eigenvalue weighted by atomic mass is 10.1. The normalized spacial score (nSPS) is 21.2. The van der Waals surface area contributed by atoms with Crippen molar-refractivity contribution in [3.8, 4) is 0 Å². The molecule has 0 unspecified atom stereocenters. The number of rotatable bonds is 0. The number of hydrogen-bond donors (Lipinski definition) is 1. The molecule has 1 rings (SSSR count). The zero-order valence-electron chi connectivity index (χ0n) is 19.8. The van der Waals surface area contributed by atoms with Gasteiger partial charge in [-0.2, -0.15) is 0 Å². The number of aliphatic imine (C=N–C) groups is 1. The van der Waals surface area contributed by atoms with Crippen LogP contribution in [-0.2, 0) is 19.1 Å². The Morgan fingerprint density at radius 1 is 0.935 bits per heavy atom. The molecule has 0 aromatic carbocycles. The summed E-state index contributed by atoms with van der Waals surface area (Å²) in [5.74, 6) is -0.675. The Kier molecular flexibility index (Phi) is 12.9. The van der Waals surface area contributed by atoms with Gasteiger partial charge < -0.3 is 14.4 Å². The summed E-state index contributed by atoms with van der Waals surface area (Å²) in [7, 11) is 1.58. The van der Waals surface area contributed by atoms with Crippen LogP contribution in [0, 0.1) is 0 Å². The number of carbonyl (C=O) groups is 3. The minimum absolute atomic E-state index is 0.00870. The molecule has 178 valence electrons. The first-order valence-corrected chi connectivity index (χ1v) is 11.7. The molecule has 2 amide bonds. The number of amides is 2. The average molecular weight is 440 g/mol. The maximum Gasteiger partial charge on any atom is 0.437 e. The summed E-state index contributed by atoms with van der Waals surface area (Å²) in [6, 6.07) is 0. The molecule has 1 fully saturated rings. The van der Waals surface area contributed by atoms with Gasteiger partial charge in [-0.3, -0.25) is 14.9 Å². The number of ether oxygens (including phenoxy) is 2. The summed E-state index contributed by atoms with van der Waals surface area (Å²) in [5.41, 5.74) is -0.713. The second kappa shape index (κ2) is 14.8. The fraction of sp³-hybridized carbons (Fsp3) is 0.826. The van der Waals surface area contributed by atoms with E-state index < -0.39 is 17.7 Å². The largest absolute Gasteiger partial charge is 0.464 e. The third-order valence-electron chi connectivity index (χ3n) is 4.88. The number of cyclic esters (lactones) is 1. The average Bonchev–Trinajstić information content (AvgIpc) is 2.65. The topological polar surface area (TPSA) is 97.3 Å². The minimum atomic E-state index is -0.822. The summed E-state index contributed by atoms with van der Waals surface area (Å²) in [6.45, 7) is 5.45. The maximum atomic E-state index is 12.4. The van der Waals surface area contributed by atoms with E-state index in [1.165, 1.54) is 37.0 Å². The molecule has 0 atom stereocenters. The van der Waals surface area contributed by atoms with Crippen LogP contribution in [0.1, 0.15) is 97.8 Å². The van der Waals surface area contributed by atoms with Crippen molar-refractivity contribution in [3.63, 3.8) is 0 Å². The number of guanidine groups is 1. The number of carbonyl (C=O) groups excluding carboxylic acids is 3. The van der Waals surface area contributed by atoms with Gasteiger partial charge >= 0.3 is 12.1 Å². The zero-order valence-corrected chi connectivity index (χ0v) is 19.8. The molecule has 0 spiro atoms. The van der Waals surface area contributed by atoms with Gasteiger partial charge in [-0.1, -0.05) is 57.8 Å². The SMILES string of the molecule is CN1CC(=O)OCCCCCCCCCCCCCC(=O)N/C1=N/C(=O)OC(C)(C)C. The molecule has 1 saturated heterocycles. The van der Waals surface area contributed by atoms with Crippen molar-refractivity contribution >= 4 is 23.9 Å². The van der Waals surface area contributed by atoms with E-state index in [1.807, 2.05) is 0 Å². The van der Waals surface area contributed by atoms with E-state index in [4.69, 9.17) is 9.47 Å². The third kappa shape index (κ3) is 14.5. The van der Waals surface area contributed by atoms with E-state index in [-0.39, 0.29) is 18.4 Å². The smallest absolute Gasteiger partial charge is 0.437 e. The van der Waals surface area contributed by atoms with Crippen LogP contribution in [0.4, 0.5) is 4.79 Å². The molecule has 0 aliphatic carbocycles. The highest BCUT2D eigenvalue weighted by Crippen LogP contribution is 2.12. The lowest BCUT2D eigenvalue weighted by molar-refractivity contribution is -0.144. The third-order valence-corrected chi connectivity index (χ3v) is 4.88. The molecule has 0 aromatic rings. The molecule has 8 heteroatoms. The van der Waals surface area contributed by atoms with Gasteiger partial charge in [0.15, 0.2) is 0 Å². The highest BCUT2D eigenvalue weighted by molar-refractivity contribution is 6.01. The number of likely N-dealkylation sites (N-methyl/N-ethyl adjacent to an activating group) is 1. The van der Waals surface area contributed by atoms with Crippen LogP contribution in [0.5, 0.6) is 0 Å². The number of esters is 1. The predicted octanol–water partition coefficient (Wildman–Crippen LogP) is 4.56. The van der Waals surface area contributed by atoms with Crippen molar-refractivity contribution in [3.05, 3.63) is 0 Å². The number of nitrogens with one attached hydrogen (secondary N) is 1. The molecule has 1 aliphatic rings. The highest BCUT2D eigenvalue weighted by Gasteiger charge is 2.20. The standard InChI is InChI=1S/C23H41N3O5/c1-23(2,3)31-22(29)25-21-24-19(27)16-14-12-10-8-6-5-7-9-11-13-15-17-30-20(28)18-26(21)4/h5-18H2,1-4H3,(H,24,25,27,29). The highest BCUT2D eigenvalue weighted by atomic mass is 16.6. The van der Waals surface area contributed by atoms with Gasteiger partial charge in [-0.15, -0.1) is 4.99 Å².